The van der Waals surface area contributed by atoms with Crippen LogP contribution in [0.1, 0.15) is 53.9 Å². The minimum Gasteiger partial charge on any atom is -0.329 e. The van der Waals surface area contributed by atoms with E-state index in [9.17, 15) is 0 Å². The molecule has 1 aliphatic rings. The maximum Gasteiger partial charge on any atom is 0.0334 e. The lowest BCUT2D eigenvalue weighted by Crippen LogP contribution is -2.57. The first-order valence-corrected chi connectivity index (χ1v) is 7.40. The molecule has 0 bridgehead atoms. The molecule has 0 radical (unpaired) electrons. The summed E-state index contributed by atoms with van der Waals surface area (Å²) in [6.45, 7) is 14.8. The minimum absolute atomic E-state index is 0.283. The van der Waals surface area contributed by atoms with Crippen LogP contribution in [0.3, 0.4) is 0 Å². The van der Waals surface area contributed by atoms with Crippen LogP contribution < -0.4 is 5.73 Å². The van der Waals surface area contributed by atoms with E-state index in [1.165, 1.54) is 25.8 Å². The summed E-state index contributed by atoms with van der Waals surface area (Å²) in [7, 11) is 0. The smallest absolute Gasteiger partial charge is 0.0334 e. The van der Waals surface area contributed by atoms with E-state index in [1.807, 2.05) is 0 Å². The van der Waals surface area contributed by atoms with Crippen molar-refractivity contribution in [3.63, 3.8) is 0 Å². The zero-order valence-electron chi connectivity index (χ0n) is 12.5. The predicted octanol–water partition coefficient (Wildman–Crippen LogP) is 3.12. The Kier molecular flexibility index (Phi) is 5.46. The third-order valence-electron chi connectivity index (χ3n) is 4.76. The average molecular weight is 240 g/mol. The maximum absolute atomic E-state index is 6.16. The van der Waals surface area contributed by atoms with E-state index in [-0.39, 0.29) is 5.54 Å². The molecule has 3 unspecified atom stereocenters. The van der Waals surface area contributed by atoms with Crippen molar-refractivity contribution < 1.29 is 0 Å². The summed E-state index contributed by atoms with van der Waals surface area (Å²) < 4.78 is 0. The second kappa shape index (κ2) is 6.19. The van der Waals surface area contributed by atoms with Gasteiger partial charge in [-0.1, -0.05) is 34.6 Å². The molecule has 102 valence electrons. The third kappa shape index (κ3) is 3.45. The molecule has 0 aromatic heterocycles. The molecule has 0 aliphatic heterocycles. The molecule has 2 N–H and O–H groups in total. The van der Waals surface area contributed by atoms with Crippen molar-refractivity contribution >= 4 is 0 Å². The van der Waals surface area contributed by atoms with Crippen LogP contribution in [0, 0.1) is 17.8 Å². The van der Waals surface area contributed by atoms with Gasteiger partial charge < -0.3 is 5.73 Å². The van der Waals surface area contributed by atoms with Crippen LogP contribution in [-0.4, -0.2) is 30.1 Å². The molecule has 0 aromatic rings. The van der Waals surface area contributed by atoms with Crippen molar-refractivity contribution in [3.05, 3.63) is 0 Å². The lowest BCUT2D eigenvalue weighted by molar-refractivity contribution is 0.0172. The van der Waals surface area contributed by atoms with Crippen molar-refractivity contribution in [1.82, 2.24) is 4.90 Å². The summed E-state index contributed by atoms with van der Waals surface area (Å²) in [6, 6.07) is 0. The van der Waals surface area contributed by atoms with Gasteiger partial charge in [-0.3, -0.25) is 4.90 Å². The van der Waals surface area contributed by atoms with E-state index in [2.05, 4.69) is 39.5 Å². The first-order chi connectivity index (χ1) is 7.95. The van der Waals surface area contributed by atoms with E-state index >= 15 is 0 Å². The van der Waals surface area contributed by atoms with Crippen LogP contribution in [0.5, 0.6) is 0 Å². The fraction of sp³-hybridized carbons (Fsp3) is 1.00. The zero-order valence-corrected chi connectivity index (χ0v) is 12.5. The molecule has 3 atom stereocenters. The molecular weight excluding hydrogens is 208 g/mol. The monoisotopic (exact) mass is 240 g/mol. The molecule has 0 heterocycles. The van der Waals surface area contributed by atoms with Crippen LogP contribution in [0.4, 0.5) is 0 Å². The van der Waals surface area contributed by atoms with E-state index in [1.54, 1.807) is 0 Å². The standard InChI is InChI=1S/C15H32N2/c1-6-17(10-12(2)3)15(11-16)8-7-13(4)14(5)9-15/h12-14H,6-11,16H2,1-5H3. The van der Waals surface area contributed by atoms with Crippen LogP contribution in [0.15, 0.2) is 0 Å². The number of rotatable bonds is 5. The second-order valence-electron chi connectivity index (χ2n) is 6.56. The van der Waals surface area contributed by atoms with Gasteiger partial charge in [-0.2, -0.15) is 0 Å². The third-order valence-corrected chi connectivity index (χ3v) is 4.76. The zero-order chi connectivity index (χ0) is 13.1. The van der Waals surface area contributed by atoms with Gasteiger partial charge in [0, 0.05) is 18.6 Å². The fourth-order valence-electron chi connectivity index (χ4n) is 3.38. The number of nitrogens with two attached hydrogens (primary N) is 1. The van der Waals surface area contributed by atoms with Gasteiger partial charge in [-0.15, -0.1) is 0 Å². The van der Waals surface area contributed by atoms with Gasteiger partial charge >= 0.3 is 0 Å². The molecule has 0 aromatic carbocycles. The molecule has 1 rings (SSSR count). The Bertz CT molecular complexity index is 227. The fourth-order valence-corrected chi connectivity index (χ4v) is 3.38. The molecule has 1 fully saturated rings. The largest absolute Gasteiger partial charge is 0.329 e. The average Bonchev–Trinajstić information content (AvgIpc) is 2.29. The lowest BCUT2D eigenvalue weighted by atomic mass is 9.70. The molecular formula is C15H32N2. The van der Waals surface area contributed by atoms with E-state index in [0.29, 0.717) is 0 Å². The Balaban J connectivity index is 2.79. The van der Waals surface area contributed by atoms with Crippen LogP contribution in [0.2, 0.25) is 0 Å². The summed E-state index contributed by atoms with van der Waals surface area (Å²) in [6.07, 6.45) is 3.91. The topological polar surface area (TPSA) is 29.3 Å². The van der Waals surface area contributed by atoms with Crippen molar-refractivity contribution in [2.45, 2.75) is 59.4 Å². The minimum atomic E-state index is 0.283. The van der Waals surface area contributed by atoms with Gasteiger partial charge in [-0.25, -0.2) is 0 Å². The number of nitrogens with zero attached hydrogens (tertiary/aromatic N) is 1. The first-order valence-electron chi connectivity index (χ1n) is 7.40. The molecule has 0 saturated heterocycles. The molecule has 0 spiro atoms. The Morgan fingerprint density at radius 2 is 1.94 bits per heavy atom. The highest BCUT2D eigenvalue weighted by molar-refractivity contribution is 4.97. The Hall–Kier alpha value is -0.0800. The van der Waals surface area contributed by atoms with Gasteiger partial charge in [0.25, 0.3) is 0 Å². The van der Waals surface area contributed by atoms with Gasteiger partial charge in [-0.05, 0) is 43.6 Å². The van der Waals surface area contributed by atoms with Gasteiger partial charge in [0.05, 0.1) is 0 Å². The predicted molar refractivity (Wildman–Crippen MR) is 76.0 cm³/mol. The molecule has 2 heteroatoms. The summed E-state index contributed by atoms with van der Waals surface area (Å²) in [5, 5.41) is 0. The van der Waals surface area contributed by atoms with Gasteiger partial charge in [0.1, 0.15) is 0 Å². The maximum atomic E-state index is 6.16. The second-order valence-corrected chi connectivity index (χ2v) is 6.56. The van der Waals surface area contributed by atoms with Gasteiger partial charge in [0.2, 0.25) is 0 Å². The molecule has 1 aliphatic carbocycles. The number of hydrogen-bond donors (Lipinski definition) is 1. The van der Waals surface area contributed by atoms with Crippen LogP contribution >= 0.6 is 0 Å². The van der Waals surface area contributed by atoms with E-state index in [0.717, 1.165) is 30.8 Å². The molecule has 17 heavy (non-hydrogen) atoms. The van der Waals surface area contributed by atoms with Crippen LogP contribution in [-0.2, 0) is 0 Å². The molecule has 0 amide bonds. The highest BCUT2D eigenvalue weighted by Gasteiger charge is 2.40. The highest BCUT2D eigenvalue weighted by atomic mass is 15.2. The van der Waals surface area contributed by atoms with Crippen molar-refractivity contribution in [3.8, 4) is 0 Å². The van der Waals surface area contributed by atoms with Crippen molar-refractivity contribution in [2.24, 2.45) is 23.5 Å². The number of likely N-dealkylation sites (N-methyl/N-ethyl adjacent to an activating group) is 1. The van der Waals surface area contributed by atoms with Crippen molar-refractivity contribution in [2.75, 3.05) is 19.6 Å². The van der Waals surface area contributed by atoms with E-state index < -0.39 is 0 Å². The summed E-state index contributed by atoms with van der Waals surface area (Å²) in [5.74, 6) is 2.41. The van der Waals surface area contributed by atoms with Gasteiger partial charge in [0.15, 0.2) is 0 Å². The normalized spacial score (nSPS) is 34.6. The molecule has 1 saturated carbocycles. The summed E-state index contributed by atoms with van der Waals surface area (Å²) in [5.41, 5.74) is 6.44. The highest BCUT2D eigenvalue weighted by Crippen LogP contribution is 2.39. The number of hydrogen-bond acceptors (Lipinski definition) is 2. The Morgan fingerprint density at radius 3 is 2.35 bits per heavy atom. The lowest BCUT2D eigenvalue weighted by Gasteiger charge is -2.50. The summed E-state index contributed by atoms with van der Waals surface area (Å²) >= 11 is 0. The Morgan fingerprint density at radius 1 is 1.29 bits per heavy atom. The summed E-state index contributed by atoms with van der Waals surface area (Å²) in [4.78, 5) is 2.65. The Labute approximate surface area is 108 Å². The van der Waals surface area contributed by atoms with Crippen LogP contribution in [0.25, 0.3) is 0 Å². The SMILES string of the molecule is CCN(CC(C)C)C1(CN)CCC(C)C(C)C1. The molecule has 2 nitrogen and oxygen atoms in total. The van der Waals surface area contributed by atoms with E-state index in [4.69, 9.17) is 5.73 Å². The van der Waals surface area contributed by atoms with Crippen molar-refractivity contribution in [1.29, 1.82) is 0 Å². The first kappa shape index (κ1) is 15.0. The quantitative estimate of drug-likeness (QED) is 0.800.